The van der Waals surface area contributed by atoms with E-state index in [0.29, 0.717) is 56.3 Å². The predicted molar refractivity (Wildman–Crippen MR) is 156 cm³/mol. The summed E-state index contributed by atoms with van der Waals surface area (Å²) >= 11 is 13.3. The zero-order valence-corrected chi connectivity index (χ0v) is 28.9. The Morgan fingerprint density at radius 2 is 0.763 bits per heavy atom. The van der Waals surface area contributed by atoms with E-state index in [9.17, 15) is 29.7 Å². The molecule has 0 aromatic heterocycles. The number of carboxylic acid groups (broad SMARTS) is 3. The molecule has 0 aromatic carbocycles. The van der Waals surface area contributed by atoms with Crippen molar-refractivity contribution in [2.45, 2.75) is 62.7 Å². The molecule has 0 spiro atoms. The number of rotatable bonds is 21. The summed E-state index contributed by atoms with van der Waals surface area (Å²) in [6.45, 7) is 2.06. The van der Waals surface area contributed by atoms with Crippen LogP contribution in [0, 0.1) is 17.8 Å². The van der Waals surface area contributed by atoms with Gasteiger partial charge in [0, 0.05) is 76.8 Å². The van der Waals surface area contributed by atoms with Crippen molar-refractivity contribution in [3.05, 3.63) is 0 Å². The minimum absolute atomic E-state index is 0.356. The van der Waals surface area contributed by atoms with E-state index in [1.807, 2.05) is 0 Å². The average molecular weight is 708 g/mol. The van der Waals surface area contributed by atoms with Gasteiger partial charge in [-0.2, -0.15) is 37.9 Å². The van der Waals surface area contributed by atoms with Gasteiger partial charge in [0.2, 0.25) is 0 Å². The molecular weight excluding hydrogens is 659 g/mol. The number of hydrogen-bond donors (Lipinski definition) is 3. The van der Waals surface area contributed by atoms with Crippen LogP contribution in [0.15, 0.2) is 0 Å². The van der Waals surface area contributed by atoms with Gasteiger partial charge >= 0.3 is 27.5 Å². The fourth-order valence-corrected chi connectivity index (χ4v) is 3.76. The molecule has 0 bridgehead atoms. The molecule has 9 nitrogen and oxygen atoms in total. The van der Waals surface area contributed by atoms with Crippen LogP contribution in [0.1, 0.15) is 57.8 Å². The second-order valence-corrected chi connectivity index (χ2v) is 9.16. The Morgan fingerprint density at radius 3 is 0.895 bits per heavy atom. The molecule has 0 radical (unpaired) electrons. The Bertz CT molecular complexity index is 461. The van der Waals surface area contributed by atoms with Crippen LogP contribution in [0.2, 0.25) is 4.94 Å². The van der Waals surface area contributed by atoms with Gasteiger partial charge in [0.05, 0.1) is 0 Å². The van der Waals surface area contributed by atoms with Crippen LogP contribution in [-0.2, 0) is 28.6 Å². The van der Waals surface area contributed by atoms with Gasteiger partial charge in [0.15, 0.2) is 0 Å². The first-order chi connectivity index (χ1) is 18.2. The second-order valence-electron chi connectivity index (χ2n) is 8.06. The molecule has 0 saturated heterocycles. The molecule has 13 heteroatoms. The van der Waals surface area contributed by atoms with E-state index in [2.05, 4.69) is 42.8 Å². The summed E-state index contributed by atoms with van der Waals surface area (Å²) < 4.78 is 14.5. The molecule has 0 aromatic rings. The van der Waals surface area contributed by atoms with Crippen LogP contribution in [0.4, 0.5) is 0 Å². The number of ether oxygens (including phenoxy) is 3. The fraction of sp³-hybridized carbons (Fsp3) is 0.880. The number of carbonyl (C=O) groups excluding carboxylic acids is 3. The quantitative estimate of drug-likeness (QED) is 0.0882. The number of methoxy groups -OCH3 is 3. The van der Waals surface area contributed by atoms with Crippen LogP contribution in [0.5, 0.6) is 0 Å². The van der Waals surface area contributed by atoms with Crippen molar-refractivity contribution >= 4 is 78.3 Å². The number of aliphatic carboxylic acids is 3. The minimum atomic E-state index is -0.998. The third-order valence-corrected chi connectivity index (χ3v) is 6.44. The third kappa shape index (κ3) is 34.2. The first-order valence-corrected chi connectivity index (χ1v) is 17.3. The van der Waals surface area contributed by atoms with Gasteiger partial charge < -0.3 is 43.9 Å². The van der Waals surface area contributed by atoms with Crippen molar-refractivity contribution in [3.63, 3.8) is 0 Å². The Morgan fingerprint density at radius 1 is 0.553 bits per heavy atom. The summed E-state index contributed by atoms with van der Waals surface area (Å²) in [4.78, 5) is 33.3. The maximum atomic E-state index is 10.4. The first-order valence-electron chi connectivity index (χ1n) is 12.6. The van der Waals surface area contributed by atoms with E-state index in [4.69, 9.17) is 14.2 Å². The molecule has 3 unspecified atom stereocenters. The number of unbranched alkanes of at least 4 members (excludes halogenated alkanes) is 3. The van der Waals surface area contributed by atoms with E-state index >= 15 is 0 Å². The van der Waals surface area contributed by atoms with Crippen molar-refractivity contribution in [3.8, 4) is 0 Å². The topological polar surface area (TPSA) is 148 Å². The van der Waals surface area contributed by atoms with Crippen LogP contribution in [-0.4, -0.2) is 98.8 Å². The second kappa shape index (κ2) is 37.1. The molecule has 0 aliphatic heterocycles. The first kappa shape index (κ1) is 45.1. The number of thiol groups is 3. The van der Waals surface area contributed by atoms with Gasteiger partial charge in [-0.15, -0.1) is 0 Å². The standard InChI is InChI=1S/3C8H16O3S.CH3.Sn/c3*1-11-5-3-2-4-7(6-12)8(9)10;;/h3*7,12H,2-6H2,1H3,(H,9,10);1H3;/q;;;;+3/p-3. The van der Waals surface area contributed by atoms with Crippen LogP contribution in [0.25, 0.3) is 0 Å². The molecule has 224 valence electrons. The van der Waals surface area contributed by atoms with Crippen LogP contribution in [0.3, 0.4) is 0 Å². The van der Waals surface area contributed by atoms with Crippen molar-refractivity contribution in [2.24, 2.45) is 17.8 Å². The fourth-order valence-electron chi connectivity index (χ4n) is 2.76. The molecule has 38 heavy (non-hydrogen) atoms. The number of carbonyl (C=O) groups is 3. The predicted octanol–water partition coefficient (Wildman–Crippen LogP) is 0.500. The van der Waals surface area contributed by atoms with Crippen LogP contribution >= 0.6 is 37.9 Å². The van der Waals surface area contributed by atoms with Crippen molar-refractivity contribution < 1.29 is 43.9 Å². The summed E-state index contributed by atoms with van der Waals surface area (Å²) in [5.74, 6) is -3.16. The van der Waals surface area contributed by atoms with E-state index in [1.165, 1.54) is 0 Å². The van der Waals surface area contributed by atoms with Gasteiger partial charge in [-0.3, -0.25) is 0 Å². The van der Waals surface area contributed by atoms with E-state index < -0.39 is 35.7 Å². The molecule has 0 aliphatic carbocycles. The molecule has 0 saturated carbocycles. The summed E-state index contributed by atoms with van der Waals surface area (Å²) in [5, 5.41) is 31.2. The van der Waals surface area contributed by atoms with Gasteiger partial charge in [0.25, 0.3) is 0 Å². The third-order valence-electron chi connectivity index (χ3n) is 5.11. The van der Waals surface area contributed by atoms with Gasteiger partial charge in [-0.25, -0.2) is 0 Å². The molecule has 0 heterocycles. The summed E-state index contributed by atoms with van der Waals surface area (Å²) in [5.41, 5.74) is 0. The SMILES string of the molecule is COCCCCC(CS)C(=O)[O-].COCCCCC(CS)C(=O)[O-].COCCCCC(CS)C(=O)[O-].[CH3][Sn+3]. The van der Waals surface area contributed by atoms with E-state index in [0.717, 1.165) is 38.5 Å². The Kier molecular flexibility index (Phi) is 44.1. The molecule has 3 atom stereocenters. The molecule has 0 amide bonds. The van der Waals surface area contributed by atoms with Crippen molar-refractivity contribution in [1.29, 1.82) is 0 Å². The zero-order chi connectivity index (χ0) is 30.2. The summed E-state index contributed by atoms with van der Waals surface area (Å²) in [7, 11) is 4.90. The Labute approximate surface area is 259 Å². The monoisotopic (exact) mass is 708 g/mol. The summed E-state index contributed by atoms with van der Waals surface area (Å²) in [6.07, 6.45) is 7.16. The van der Waals surface area contributed by atoms with Gasteiger partial charge in [-0.05, 0) is 55.8 Å². The average Bonchev–Trinajstić information content (AvgIpc) is 2.90. The van der Waals surface area contributed by atoms with Crippen molar-refractivity contribution in [2.75, 3.05) is 58.4 Å². The zero-order valence-electron chi connectivity index (χ0n) is 23.4. The van der Waals surface area contributed by atoms with E-state index in [1.54, 1.807) is 43.9 Å². The normalized spacial score (nSPS) is 12.3. The van der Waals surface area contributed by atoms with E-state index in [-0.39, 0.29) is 0 Å². The molecular formula is C25H48O9S3Sn. The Balaban J connectivity index is -0.000000220. The number of carboxylic acids is 3. The molecule has 0 fully saturated rings. The van der Waals surface area contributed by atoms with Gasteiger partial charge in [-0.1, -0.05) is 19.3 Å². The summed E-state index contributed by atoms with van der Waals surface area (Å²) in [6, 6.07) is 0. The number of hydrogen-bond acceptors (Lipinski definition) is 12. The van der Waals surface area contributed by atoms with Crippen molar-refractivity contribution in [1.82, 2.24) is 0 Å². The van der Waals surface area contributed by atoms with Crippen LogP contribution < -0.4 is 15.3 Å². The molecule has 0 rings (SSSR count). The molecule has 0 aliphatic rings. The van der Waals surface area contributed by atoms with Gasteiger partial charge in [0.1, 0.15) is 0 Å². The maximum absolute atomic E-state index is 10.4. The Hall–Kier alpha value is 0.139. The molecule has 0 N–H and O–H groups in total.